The Morgan fingerprint density at radius 2 is 0.991 bits per heavy atom. The molecular formula is C65H88N16O22S4. The quantitative estimate of drug-likeness (QED) is 0.0829. The first kappa shape index (κ1) is 84.8. The number of nitrogens with zero attached hydrogens (tertiary/aromatic N) is 3. The molecule has 7 rings (SSSR count). The van der Waals surface area contributed by atoms with Crippen LogP contribution in [-0.4, -0.2) is 287 Å². The van der Waals surface area contributed by atoms with Crippen molar-refractivity contribution in [1.29, 1.82) is 0 Å². The molecule has 38 nitrogen and oxygen atoms in total. The fraction of sp³-hybridized carbons (Fsp3) is 0.554. The number of carbonyl (C=O) groups is 17. The molecule has 2 bridgehead atoms. The number of phenolic OH excluding ortho intramolecular Hbond substituents is 1. The minimum absolute atomic E-state index is 0.000320. The van der Waals surface area contributed by atoms with Crippen LogP contribution in [0.25, 0.3) is 0 Å². The summed E-state index contributed by atoms with van der Waals surface area (Å²) in [5.74, 6) is -21.5. The number of aliphatic hydroxyl groups excluding tert-OH is 2. The minimum Gasteiger partial charge on any atom is -0.508 e. The second-order valence-corrected chi connectivity index (χ2v) is 30.9. The summed E-state index contributed by atoms with van der Waals surface area (Å²) in [7, 11) is 3.05. The van der Waals surface area contributed by atoms with E-state index in [1.165, 1.54) is 41.0 Å². The van der Waals surface area contributed by atoms with E-state index in [1.54, 1.807) is 30.3 Å². The van der Waals surface area contributed by atoms with Gasteiger partial charge in [-0.2, -0.15) is 0 Å². The van der Waals surface area contributed by atoms with Crippen LogP contribution in [0.15, 0.2) is 54.6 Å². The number of aliphatic hydroxyl groups is 2. The maximum atomic E-state index is 15.0. The molecule has 15 amide bonds. The van der Waals surface area contributed by atoms with Crippen molar-refractivity contribution in [2.24, 2.45) is 11.5 Å². The van der Waals surface area contributed by atoms with Crippen molar-refractivity contribution in [3.05, 3.63) is 65.7 Å². The molecular weight excluding hydrogens is 1490 g/mol. The second-order valence-electron chi connectivity index (χ2n) is 25.8. The van der Waals surface area contributed by atoms with E-state index in [0.717, 1.165) is 33.4 Å². The van der Waals surface area contributed by atoms with Crippen LogP contribution >= 0.6 is 43.2 Å². The number of carboxylic acids is 2. The summed E-state index contributed by atoms with van der Waals surface area (Å²) in [5, 5.41) is 78.8. The lowest BCUT2D eigenvalue weighted by atomic mass is 10.0. The maximum Gasteiger partial charge on any atom is 0.327 e. The molecule has 0 aliphatic carbocycles. The highest BCUT2D eigenvalue weighted by Gasteiger charge is 2.47. The third-order valence-corrected chi connectivity index (χ3v) is 22.7. The average molecular weight is 1570 g/mol. The van der Waals surface area contributed by atoms with E-state index in [0.29, 0.717) is 32.7 Å². The van der Waals surface area contributed by atoms with Crippen LogP contribution in [0.2, 0.25) is 0 Å². The van der Waals surface area contributed by atoms with Gasteiger partial charge in [0.2, 0.25) is 88.6 Å². The maximum absolute atomic E-state index is 15.0. The van der Waals surface area contributed by atoms with Gasteiger partial charge in [0.15, 0.2) is 0 Å². The van der Waals surface area contributed by atoms with Crippen molar-refractivity contribution >= 4 is 144 Å². The molecule has 2 aromatic rings. The summed E-state index contributed by atoms with van der Waals surface area (Å²) in [6.07, 6.45) is -3.85. The van der Waals surface area contributed by atoms with Crippen molar-refractivity contribution in [1.82, 2.24) is 73.2 Å². The monoisotopic (exact) mass is 1570 g/mol. The van der Waals surface area contributed by atoms with E-state index in [4.69, 9.17) is 11.5 Å². The first-order chi connectivity index (χ1) is 50.9. The molecule has 0 saturated carbocycles. The predicted molar refractivity (Wildman–Crippen MR) is 384 cm³/mol. The van der Waals surface area contributed by atoms with E-state index < -0.39 is 240 Å². The van der Waals surface area contributed by atoms with Gasteiger partial charge in [0.25, 0.3) is 0 Å². The molecule has 15 atom stereocenters. The Bertz CT molecular complexity index is 3650. The molecule has 0 unspecified atom stereocenters. The number of rotatable bonds is 13. The number of nitrogens with two attached hydrogens (primary N) is 2. The summed E-state index contributed by atoms with van der Waals surface area (Å²) >= 11 is 0. The third kappa shape index (κ3) is 24.3. The van der Waals surface area contributed by atoms with Gasteiger partial charge in [-0.3, -0.25) is 76.7 Å². The highest BCUT2D eigenvalue weighted by Crippen LogP contribution is 2.30. The van der Waals surface area contributed by atoms with Crippen LogP contribution < -0.4 is 70.0 Å². The number of carboxylic acid groups (broad SMARTS) is 2. The van der Waals surface area contributed by atoms with Crippen LogP contribution in [0.5, 0.6) is 5.75 Å². The van der Waals surface area contributed by atoms with Gasteiger partial charge < -0.3 is 110 Å². The zero-order valence-electron chi connectivity index (χ0n) is 58.1. The van der Waals surface area contributed by atoms with E-state index in [9.17, 15) is 97.5 Å². The topological polar surface area (TPSA) is 585 Å². The first-order valence-electron chi connectivity index (χ1n) is 34.1. The smallest absolute Gasteiger partial charge is 0.327 e. The van der Waals surface area contributed by atoms with Crippen LogP contribution in [0.1, 0.15) is 76.3 Å². The van der Waals surface area contributed by atoms with E-state index in [1.807, 2.05) is 0 Å². The largest absolute Gasteiger partial charge is 0.508 e. The lowest BCUT2D eigenvalue weighted by molar-refractivity contribution is -0.148. The Morgan fingerprint density at radius 3 is 1.56 bits per heavy atom. The number of amides is 15. The number of aromatic hydroxyl groups is 1. The second kappa shape index (κ2) is 40.5. The van der Waals surface area contributed by atoms with Gasteiger partial charge in [0.05, 0.1) is 32.1 Å². The summed E-state index contributed by atoms with van der Waals surface area (Å²) in [5.41, 5.74) is 12.0. The van der Waals surface area contributed by atoms with Crippen molar-refractivity contribution in [3.8, 4) is 5.75 Å². The highest BCUT2D eigenvalue weighted by molar-refractivity contribution is 8.77. The predicted octanol–water partition coefficient (Wildman–Crippen LogP) is -6.94. The van der Waals surface area contributed by atoms with Crippen molar-refractivity contribution in [2.75, 3.05) is 55.8 Å². The molecule has 42 heteroatoms. The fourth-order valence-electron chi connectivity index (χ4n) is 12.3. The van der Waals surface area contributed by atoms with Gasteiger partial charge >= 0.3 is 11.9 Å². The Morgan fingerprint density at radius 1 is 0.514 bits per heavy atom. The molecule has 107 heavy (non-hydrogen) atoms. The number of phenols is 1. The number of aliphatic carboxylic acids is 2. The molecule has 2 aromatic carbocycles. The Labute approximate surface area is 628 Å². The van der Waals surface area contributed by atoms with E-state index >= 15 is 9.59 Å². The third-order valence-electron chi connectivity index (χ3n) is 17.9. The van der Waals surface area contributed by atoms with Crippen LogP contribution in [-0.2, 0) is 94.3 Å². The summed E-state index contributed by atoms with van der Waals surface area (Å²) < 4.78 is 0. The molecule has 5 aliphatic rings. The summed E-state index contributed by atoms with van der Waals surface area (Å²) in [4.78, 5) is 243. The molecule has 5 saturated heterocycles. The number of fused-ring (bicyclic) bond motifs is 11. The molecule has 5 fully saturated rings. The van der Waals surface area contributed by atoms with Gasteiger partial charge in [-0.05, 0) is 75.6 Å². The van der Waals surface area contributed by atoms with Gasteiger partial charge in [-0.1, -0.05) is 85.6 Å². The minimum atomic E-state index is -2.04. The molecule has 0 spiro atoms. The molecule has 0 aromatic heterocycles. The van der Waals surface area contributed by atoms with Crippen LogP contribution in [0, 0.1) is 0 Å². The number of hydrogen-bond acceptors (Lipinski definition) is 25. The van der Waals surface area contributed by atoms with Gasteiger partial charge in [-0.15, -0.1) is 0 Å². The number of carbonyl (C=O) groups excluding carboxylic acids is 15. The van der Waals surface area contributed by atoms with Crippen molar-refractivity contribution in [2.45, 2.75) is 169 Å². The fourth-order valence-corrected chi connectivity index (χ4v) is 16.9. The average Bonchev–Trinajstić information content (AvgIpc) is 1.68. The van der Waals surface area contributed by atoms with Gasteiger partial charge in [0.1, 0.15) is 90.3 Å². The lowest BCUT2D eigenvalue weighted by Crippen LogP contribution is -2.62. The lowest BCUT2D eigenvalue weighted by Gasteiger charge is -2.33. The van der Waals surface area contributed by atoms with Gasteiger partial charge in [-0.25, -0.2) is 4.79 Å². The number of primary amides is 1. The van der Waals surface area contributed by atoms with E-state index in [2.05, 4.69) is 58.5 Å². The summed E-state index contributed by atoms with van der Waals surface area (Å²) in [6, 6.07) is -9.95. The normalized spacial score (nSPS) is 28.5. The van der Waals surface area contributed by atoms with Gasteiger partial charge in [0, 0.05) is 55.5 Å². The number of benzene rings is 2. The van der Waals surface area contributed by atoms with Crippen molar-refractivity contribution in [3.63, 3.8) is 0 Å². The zero-order chi connectivity index (χ0) is 78.3. The van der Waals surface area contributed by atoms with Crippen molar-refractivity contribution < 1.29 is 107 Å². The summed E-state index contributed by atoms with van der Waals surface area (Å²) in [6.45, 7) is 0.157. The number of hydrogen-bond donors (Lipinski definition) is 18. The first-order valence-corrected chi connectivity index (χ1v) is 39.1. The Kier molecular flexibility index (Phi) is 32.1. The SMILES string of the molecule is C[C@@H]1NC(=O)[C@H](Cc2ccccc2)NC(=O)[C@@H]2CSSC[C@H](NC(=O)CN)C(=O)N[C@@H](CSSC[C@@H](C(=O)O)NC(=O)[C@H](CC(=O)O)NC(=O)[C@@H]3CCCN3C(=O)[C@H](CC(N)=O)NC(=O)[C@H]([C@@H](C)O)NC1=O)C(=O)N[C@@H](CO)C(=O)N[C@@H](Cc1ccc(O)cc1)C(=O)N1CCC[C@H]1C(=O)N1CCC[C@H]1C(=O)N2. The standard InChI is InChI=1S/C65H88N16O22S4/c1-31-52(89)78-51(32(2)83)61(98)73-39(23-48(67)85)63(100)79-18-6-11-45(79)59(96)71-37(24-50(87)88)54(91)77-44(65(102)103)30-107-106-28-42-58(95)74-40(26-82)55(92)72-38(22-34-14-16-35(84)17-15-34)62(99)81-20-8-13-47(81)64(101)80-19-7-12-46(80)60(97)76-43(29-105-104-27-41(56(93)75-42)69-49(86)25-66)57(94)70-36(53(90)68-31)21-33-9-4-3-5-10-33/h3-5,9-10,14-17,31-32,36-47,51,82-84H,6-8,11-13,18-30,66H2,1-2H3,(H2,67,85)(H,68,90)(H,69,86)(H,70,94)(H,71,96)(H,72,92)(H,73,98)(H,74,95)(H,75,93)(H,76,97)(H,77,91)(H,78,89)(H,87,88)(H,102,103)/t31-,32+,36-,37-,38-,39-,40-,41-,42-,43-,44-,45-,46-,47-,51-/m0/s1. The van der Waals surface area contributed by atoms with E-state index in [-0.39, 0.29) is 76.8 Å². The highest BCUT2D eigenvalue weighted by atomic mass is 33.1. The molecule has 20 N–H and O–H groups in total. The Hall–Kier alpha value is -9.49. The zero-order valence-corrected chi connectivity index (χ0v) is 61.4. The number of nitrogens with one attached hydrogen (secondary N) is 11. The van der Waals surface area contributed by atoms with Crippen LogP contribution in [0.4, 0.5) is 0 Å². The molecule has 0 radical (unpaired) electrons. The molecule has 5 aliphatic heterocycles. The molecule has 584 valence electrons. The Balaban J connectivity index is 1.32. The van der Waals surface area contributed by atoms with Crippen LogP contribution in [0.3, 0.4) is 0 Å². The molecule has 5 heterocycles.